The Morgan fingerprint density at radius 2 is 2.47 bits per heavy atom. The first-order valence-corrected chi connectivity index (χ1v) is 6.13. The minimum Gasteiger partial charge on any atom is -0.365 e. The zero-order chi connectivity index (χ0) is 12.3. The van der Waals surface area contributed by atoms with Gasteiger partial charge in [-0.05, 0) is 32.4 Å². The normalized spacial score (nSPS) is 19.7. The predicted octanol–water partition coefficient (Wildman–Crippen LogP) is 2.08. The Morgan fingerprint density at radius 3 is 3.12 bits per heavy atom. The zero-order valence-electron chi connectivity index (χ0n) is 9.76. The second-order valence-electron chi connectivity index (χ2n) is 4.25. The van der Waals surface area contributed by atoms with E-state index in [0.29, 0.717) is 28.1 Å². The first-order valence-electron chi connectivity index (χ1n) is 5.75. The fourth-order valence-electron chi connectivity index (χ4n) is 1.96. The van der Waals surface area contributed by atoms with Gasteiger partial charge >= 0.3 is 0 Å². The molecule has 0 bridgehead atoms. The number of nitrogens with one attached hydrogen (secondary N) is 2. The lowest BCUT2D eigenvalue weighted by molar-refractivity contribution is 0.479. The van der Waals surface area contributed by atoms with Gasteiger partial charge in [0.25, 0.3) is 0 Å². The Hall–Kier alpha value is -1.31. The fourth-order valence-corrected chi connectivity index (χ4v) is 2.17. The van der Waals surface area contributed by atoms with E-state index < -0.39 is 0 Å². The van der Waals surface area contributed by atoms with Crippen LogP contribution in [0, 0.1) is 18.3 Å². The smallest absolute Gasteiger partial charge is 0.145 e. The zero-order valence-corrected chi connectivity index (χ0v) is 10.5. The molecule has 1 atom stereocenters. The summed E-state index contributed by atoms with van der Waals surface area (Å²) < 4.78 is 0. The Bertz CT molecular complexity index is 447. The van der Waals surface area contributed by atoms with Gasteiger partial charge in [-0.3, -0.25) is 0 Å². The largest absolute Gasteiger partial charge is 0.365 e. The van der Waals surface area contributed by atoms with Gasteiger partial charge in [-0.1, -0.05) is 11.6 Å². The molecule has 90 valence electrons. The number of hydrogen-bond acceptors (Lipinski definition) is 4. The van der Waals surface area contributed by atoms with E-state index in [0.717, 1.165) is 25.9 Å². The van der Waals surface area contributed by atoms with Crippen LogP contribution in [0.4, 0.5) is 5.82 Å². The van der Waals surface area contributed by atoms with Crippen molar-refractivity contribution < 1.29 is 0 Å². The van der Waals surface area contributed by atoms with Crippen molar-refractivity contribution in [1.82, 2.24) is 10.3 Å². The minimum absolute atomic E-state index is 0.362. The minimum atomic E-state index is 0.362. The van der Waals surface area contributed by atoms with Crippen molar-refractivity contribution in [2.75, 3.05) is 18.4 Å². The number of rotatable bonds is 2. The highest BCUT2D eigenvalue weighted by Crippen LogP contribution is 2.23. The third-order valence-electron chi connectivity index (χ3n) is 2.92. The van der Waals surface area contributed by atoms with Crippen molar-refractivity contribution in [3.63, 3.8) is 0 Å². The molecule has 1 unspecified atom stereocenters. The van der Waals surface area contributed by atoms with Crippen LogP contribution >= 0.6 is 11.6 Å². The molecular weight excluding hydrogens is 236 g/mol. The number of anilines is 1. The van der Waals surface area contributed by atoms with E-state index in [-0.39, 0.29) is 0 Å². The maximum atomic E-state index is 8.88. The number of aromatic nitrogens is 1. The van der Waals surface area contributed by atoms with Crippen LogP contribution in [0.2, 0.25) is 5.02 Å². The number of hydrogen-bond donors (Lipinski definition) is 2. The fraction of sp³-hybridized carbons (Fsp3) is 0.500. The third-order valence-corrected chi connectivity index (χ3v) is 3.21. The Labute approximate surface area is 106 Å². The molecule has 5 heteroatoms. The van der Waals surface area contributed by atoms with Crippen LogP contribution in [-0.4, -0.2) is 24.1 Å². The Morgan fingerprint density at radius 1 is 1.65 bits per heavy atom. The number of nitriles is 1. The SMILES string of the molecule is Cc1nc(NC2CCCNC2)c(Cl)cc1C#N. The molecule has 0 radical (unpaired) electrons. The van der Waals surface area contributed by atoms with Crippen molar-refractivity contribution in [3.05, 3.63) is 22.3 Å². The molecule has 0 amide bonds. The van der Waals surface area contributed by atoms with Crippen molar-refractivity contribution in [2.24, 2.45) is 0 Å². The summed E-state index contributed by atoms with van der Waals surface area (Å²) in [5.41, 5.74) is 1.24. The highest BCUT2D eigenvalue weighted by atomic mass is 35.5. The predicted molar refractivity (Wildman–Crippen MR) is 68.2 cm³/mol. The molecule has 1 saturated heterocycles. The van der Waals surface area contributed by atoms with Gasteiger partial charge in [0.15, 0.2) is 0 Å². The molecule has 17 heavy (non-hydrogen) atoms. The van der Waals surface area contributed by atoms with Crippen LogP contribution < -0.4 is 10.6 Å². The van der Waals surface area contributed by atoms with Crippen LogP contribution in [0.5, 0.6) is 0 Å². The molecule has 1 fully saturated rings. The molecular formula is C12H15ClN4. The van der Waals surface area contributed by atoms with Crippen LogP contribution in [0.15, 0.2) is 6.07 Å². The summed E-state index contributed by atoms with van der Waals surface area (Å²) in [6, 6.07) is 4.11. The summed E-state index contributed by atoms with van der Waals surface area (Å²) in [4.78, 5) is 4.34. The van der Waals surface area contributed by atoms with E-state index in [1.807, 2.05) is 6.92 Å². The van der Waals surface area contributed by atoms with Gasteiger partial charge in [0.2, 0.25) is 0 Å². The molecule has 1 aromatic heterocycles. The second kappa shape index (κ2) is 5.35. The lowest BCUT2D eigenvalue weighted by Gasteiger charge is -2.24. The quantitative estimate of drug-likeness (QED) is 0.844. The summed E-state index contributed by atoms with van der Waals surface area (Å²) in [6.07, 6.45) is 2.27. The first-order chi connectivity index (χ1) is 8.20. The van der Waals surface area contributed by atoms with E-state index in [1.165, 1.54) is 0 Å². The van der Waals surface area contributed by atoms with Crippen molar-refractivity contribution in [2.45, 2.75) is 25.8 Å². The molecule has 2 heterocycles. The van der Waals surface area contributed by atoms with Crippen molar-refractivity contribution in [1.29, 1.82) is 5.26 Å². The maximum absolute atomic E-state index is 8.88. The summed E-state index contributed by atoms with van der Waals surface area (Å²) in [5, 5.41) is 16.0. The molecule has 1 aliphatic heterocycles. The average molecular weight is 251 g/mol. The summed E-state index contributed by atoms with van der Waals surface area (Å²) in [5.74, 6) is 0.678. The Balaban J connectivity index is 2.15. The summed E-state index contributed by atoms with van der Waals surface area (Å²) in [6.45, 7) is 3.82. The van der Waals surface area contributed by atoms with Gasteiger partial charge < -0.3 is 10.6 Å². The van der Waals surface area contributed by atoms with Crippen LogP contribution in [-0.2, 0) is 0 Å². The van der Waals surface area contributed by atoms with E-state index in [2.05, 4.69) is 21.7 Å². The topological polar surface area (TPSA) is 60.7 Å². The van der Waals surface area contributed by atoms with Crippen molar-refractivity contribution in [3.8, 4) is 6.07 Å². The van der Waals surface area contributed by atoms with Gasteiger partial charge in [-0.25, -0.2) is 4.98 Å². The highest BCUT2D eigenvalue weighted by Gasteiger charge is 2.15. The van der Waals surface area contributed by atoms with Crippen molar-refractivity contribution >= 4 is 17.4 Å². The Kier molecular flexibility index (Phi) is 3.82. The van der Waals surface area contributed by atoms with Crippen LogP contribution in [0.1, 0.15) is 24.1 Å². The first kappa shape index (κ1) is 12.2. The van der Waals surface area contributed by atoms with Gasteiger partial charge in [-0.15, -0.1) is 0 Å². The molecule has 2 N–H and O–H groups in total. The van der Waals surface area contributed by atoms with Gasteiger partial charge in [0, 0.05) is 12.6 Å². The van der Waals surface area contributed by atoms with E-state index in [4.69, 9.17) is 16.9 Å². The highest BCUT2D eigenvalue weighted by molar-refractivity contribution is 6.33. The van der Waals surface area contributed by atoms with E-state index >= 15 is 0 Å². The van der Waals surface area contributed by atoms with Gasteiger partial charge in [0.1, 0.15) is 11.9 Å². The third kappa shape index (κ3) is 2.87. The van der Waals surface area contributed by atoms with Crippen LogP contribution in [0.25, 0.3) is 0 Å². The molecule has 0 saturated carbocycles. The van der Waals surface area contributed by atoms with E-state index in [9.17, 15) is 0 Å². The van der Waals surface area contributed by atoms with Gasteiger partial charge in [-0.2, -0.15) is 5.26 Å². The number of piperidine rings is 1. The van der Waals surface area contributed by atoms with Crippen LogP contribution in [0.3, 0.4) is 0 Å². The molecule has 0 spiro atoms. The second-order valence-corrected chi connectivity index (χ2v) is 4.66. The molecule has 0 aliphatic carbocycles. The molecule has 1 aromatic rings. The number of nitrogens with zero attached hydrogens (tertiary/aromatic N) is 2. The number of pyridine rings is 1. The van der Waals surface area contributed by atoms with Gasteiger partial charge in [0.05, 0.1) is 16.3 Å². The molecule has 0 aromatic carbocycles. The molecule has 2 rings (SSSR count). The number of aryl methyl sites for hydroxylation is 1. The number of halogens is 1. The standard InChI is InChI=1S/C12H15ClN4/c1-8-9(6-14)5-11(13)12(16-8)17-10-3-2-4-15-7-10/h5,10,15H,2-4,7H2,1H3,(H,16,17). The molecule has 4 nitrogen and oxygen atoms in total. The average Bonchev–Trinajstić information content (AvgIpc) is 2.34. The maximum Gasteiger partial charge on any atom is 0.145 e. The lowest BCUT2D eigenvalue weighted by Crippen LogP contribution is -2.38. The summed E-state index contributed by atoms with van der Waals surface area (Å²) >= 11 is 6.10. The van der Waals surface area contributed by atoms with E-state index in [1.54, 1.807) is 6.07 Å². The lowest BCUT2D eigenvalue weighted by atomic mass is 10.1. The summed E-state index contributed by atoms with van der Waals surface area (Å²) in [7, 11) is 0. The monoisotopic (exact) mass is 250 g/mol. The molecule has 1 aliphatic rings.